The van der Waals surface area contributed by atoms with Crippen LogP contribution in [0.4, 0.5) is 28.9 Å². The Morgan fingerprint density at radius 3 is 2.43 bits per heavy atom. The van der Waals surface area contributed by atoms with Crippen LogP contribution in [0.15, 0.2) is 42.5 Å². The van der Waals surface area contributed by atoms with Gasteiger partial charge in [0.25, 0.3) is 5.91 Å². The molecule has 3 nitrogen and oxygen atoms in total. The molecule has 0 atom stereocenters. The van der Waals surface area contributed by atoms with Crippen molar-refractivity contribution in [2.75, 3.05) is 11.1 Å². The van der Waals surface area contributed by atoms with Gasteiger partial charge >= 0.3 is 6.18 Å². The normalized spacial score (nSPS) is 11.2. The molecule has 0 aromatic heterocycles. The summed E-state index contributed by atoms with van der Waals surface area (Å²) in [5, 5.41) is 2.25. The van der Waals surface area contributed by atoms with E-state index in [2.05, 4.69) is 5.32 Å². The Morgan fingerprint density at radius 1 is 1.10 bits per heavy atom. The molecule has 0 unspecified atom stereocenters. The van der Waals surface area contributed by atoms with Crippen LogP contribution in [0.2, 0.25) is 0 Å². The molecule has 3 N–H and O–H groups in total. The molecule has 0 aliphatic rings. The molecule has 0 saturated carbocycles. The first-order valence-corrected chi connectivity index (χ1v) is 5.81. The number of hydrogen-bond donors (Lipinski definition) is 2. The van der Waals surface area contributed by atoms with Crippen molar-refractivity contribution in [3.8, 4) is 0 Å². The fraction of sp³-hybridized carbons (Fsp3) is 0.0714. The van der Waals surface area contributed by atoms with Crippen LogP contribution in [0.5, 0.6) is 0 Å². The van der Waals surface area contributed by atoms with Gasteiger partial charge < -0.3 is 11.1 Å². The van der Waals surface area contributed by atoms with Crippen molar-refractivity contribution in [2.45, 2.75) is 6.18 Å². The molecule has 21 heavy (non-hydrogen) atoms. The molecule has 2 rings (SSSR count). The van der Waals surface area contributed by atoms with E-state index in [0.717, 1.165) is 24.3 Å². The number of alkyl halides is 3. The predicted octanol–water partition coefficient (Wildman–Crippen LogP) is 3.68. The van der Waals surface area contributed by atoms with E-state index in [0.29, 0.717) is 0 Å². The average Bonchev–Trinajstić information content (AvgIpc) is 2.41. The number of rotatable bonds is 2. The molecule has 0 saturated heterocycles. The second-order valence-electron chi connectivity index (χ2n) is 4.23. The number of benzene rings is 2. The number of amides is 1. The summed E-state index contributed by atoms with van der Waals surface area (Å²) in [4.78, 5) is 11.9. The number of carbonyl (C=O) groups excluding carboxylic acids is 1. The third-order valence-corrected chi connectivity index (χ3v) is 2.75. The number of carbonyl (C=O) groups is 1. The predicted molar refractivity (Wildman–Crippen MR) is 70.2 cm³/mol. The molecule has 110 valence electrons. The Hall–Kier alpha value is -2.57. The van der Waals surface area contributed by atoms with Crippen molar-refractivity contribution in [3.05, 3.63) is 59.4 Å². The number of halogens is 4. The van der Waals surface area contributed by atoms with Gasteiger partial charge in [-0.25, -0.2) is 4.39 Å². The van der Waals surface area contributed by atoms with Gasteiger partial charge in [-0.05, 0) is 30.3 Å². The third-order valence-electron chi connectivity index (χ3n) is 2.75. The zero-order chi connectivity index (χ0) is 15.6. The van der Waals surface area contributed by atoms with Crippen LogP contribution >= 0.6 is 0 Å². The van der Waals surface area contributed by atoms with Crippen molar-refractivity contribution < 1.29 is 22.4 Å². The minimum Gasteiger partial charge on any atom is -0.396 e. The monoisotopic (exact) mass is 298 g/mol. The first-order chi connectivity index (χ1) is 9.79. The molecule has 0 aliphatic carbocycles. The summed E-state index contributed by atoms with van der Waals surface area (Å²) in [6.07, 6.45) is -4.52. The van der Waals surface area contributed by atoms with E-state index < -0.39 is 23.5 Å². The van der Waals surface area contributed by atoms with E-state index in [1.165, 1.54) is 18.2 Å². The van der Waals surface area contributed by atoms with Crippen LogP contribution in [0.3, 0.4) is 0 Å². The van der Waals surface area contributed by atoms with Crippen molar-refractivity contribution in [1.82, 2.24) is 0 Å². The van der Waals surface area contributed by atoms with Crippen LogP contribution in [0.25, 0.3) is 0 Å². The second-order valence-corrected chi connectivity index (χ2v) is 4.23. The summed E-state index contributed by atoms with van der Waals surface area (Å²) in [5.74, 6) is -1.56. The van der Waals surface area contributed by atoms with E-state index >= 15 is 0 Å². The van der Waals surface area contributed by atoms with Gasteiger partial charge in [-0.2, -0.15) is 13.2 Å². The zero-order valence-corrected chi connectivity index (χ0v) is 10.5. The fourth-order valence-electron chi connectivity index (χ4n) is 1.71. The molecule has 1 amide bonds. The van der Waals surface area contributed by atoms with Gasteiger partial charge in [0, 0.05) is 5.69 Å². The highest BCUT2D eigenvalue weighted by Gasteiger charge is 2.30. The van der Waals surface area contributed by atoms with Crippen molar-refractivity contribution in [1.29, 1.82) is 0 Å². The van der Waals surface area contributed by atoms with Crippen LogP contribution < -0.4 is 11.1 Å². The molecule has 0 aliphatic heterocycles. The lowest BCUT2D eigenvalue weighted by Crippen LogP contribution is -2.15. The average molecular weight is 298 g/mol. The maximum absolute atomic E-state index is 13.2. The SMILES string of the molecule is Nc1c(F)cccc1C(=O)Nc1cccc(C(F)(F)F)c1. The molecular weight excluding hydrogens is 288 g/mol. The molecule has 0 fully saturated rings. The number of hydrogen-bond acceptors (Lipinski definition) is 2. The summed E-state index contributed by atoms with van der Waals surface area (Å²) in [6.45, 7) is 0. The molecule has 0 bridgehead atoms. The van der Waals surface area contributed by atoms with Gasteiger partial charge in [-0.15, -0.1) is 0 Å². The quantitative estimate of drug-likeness (QED) is 0.656. The number of nitrogens with one attached hydrogen (secondary N) is 1. The lowest BCUT2D eigenvalue weighted by molar-refractivity contribution is -0.137. The van der Waals surface area contributed by atoms with E-state index in [1.54, 1.807) is 0 Å². The Kier molecular flexibility index (Phi) is 3.84. The standard InChI is InChI=1S/C14H10F4N2O/c15-11-6-2-5-10(12(11)19)13(21)20-9-4-1-3-8(7-9)14(16,17)18/h1-7H,19H2,(H,20,21). The fourth-order valence-corrected chi connectivity index (χ4v) is 1.71. The highest BCUT2D eigenvalue weighted by atomic mass is 19.4. The van der Waals surface area contributed by atoms with E-state index in [9.17, 15) is 22.4 Å². The van der Waals surface area contributed by atoms with Gasteiger partial charge in [0.2, 0.25) is 0 Å². The molecule has 0 heterocycles. The number of nitrogens with two attached hydrogens (primary N) is 1. The van der Waals surface area contributed by atoms with Gasteiger partial charge in [0.15, 0.2) is 0 Å². The lowest BCUT2D eigenvalue weighted by Gasteiger charge is -2.11. The first kappa shape index (κ1) is 14.8. The minimum atomic E-state index is -4.52. The van der Waals surface area contributed by atoms with Crippen LogP contribution in [0.1, 0.15) is 15.9 Å². The largest absolute Gasteiger partial charge is 0.416 e. The van der Waals surface area contributed by atoms with Gasteiger partial charge in [-0.1, -0.05) is 12.1 Å². The summed E-state index contributed by atoms with van der Waals surface area (Å²) in [7, 11) is 0. The Balaban J connectivity index is 2.26. The molecule has 2 aromatic carbocycles. The van der Waals surface area contributed by atoms with E-state index in [1.807, 2.05) is 0 Å². The Labute approximate surface area is 117 Å². The molecule has 0 radical (unpaired) electrons. The summed E-state index contributed by atoms with van der Waals surface area (Å²) in [5.41, 5.74) is 3.96. The minimum absolute atomic E-state index is 0.0570. The van der Waals surface area contributed by atoms with Crippen LogP contribution in [-0.2, 0) is 6.18 Å². The van der Waals surface area contributed by atoms with E-state index in [4.69, 9.17) is 5.73 Å². The summed E-state index contributed by atoms with van der Waals surface area (Å²) >= 11 is 0. The molecule has 0 spiro atoms. The van der Waals surface area contributed by atoms with Gasteiger partial charge in [0.1, 0.15) is 5.82 Å². The third kappa shape index (κ3) is 3.31. The van der Waals surface area contributed by atoms with Crippen molar-refractivity contribution >= 4 is 17.3 Å². The van der Waals surface area contributed by atoms with Gasteiger partial charge in [0.05, 0.1) is 16.8 Å². The number of para-hydroxylation sites is 1. The van der Waals surface area contributed by atoms with Crippen LogP contribution in [-0.4, -0.2) is 5.91 Å². The lowest BCUT2D eigenvalue weighted by atomic mass is 10.1. The smallest absolute Gasteiger partial charge is 0.396 e. The number of anilines is 2. The highest BCUT2D eigenvalue weighted by Crippen LogP contribution is 2.30. The van der Waals surface area contributed by atoms with Crippen molar-refractivity contribution in [3.63, 3.8) is 0 Å². The second kappa shape index (κ2) is 5.43. The highest BCUT2D eigenvalue weighted by molar-refractivity contribution is 6.07. The first-order valence-electron chi connectivity index (χ1n) is 5.81. The Morgan fingerprint density at radius 2 is 1.76 bits per heavy atom. The zero-order valence-electron chi connectivity index (χ0n) is 10.5. The molecule has 7 heteroatoms. The number of nitrogen functional groups attached to an aromatic ring is 1. The van der Waals surface area contributed by atoms with Crippen molar-refractivity contribution in [2.24, 2.45) is 0 Å². The molecule has 2 aromatic rings. The molecular formula is C14H10F4N2O. The topological polar surface area (TPSA) is 55.1 Å². The summed E-state index contributed by atoms with van der Waals surface area (Å²) < 4.78 is 50.9. The van der Waals surface area contributed by atoms with Gasteiger partial charge in [-0.3, -0.25) is 4.79 Å². The van der Waals surface area contributed by atoms with Crippen LogP contribution in [0, 0.1) is 5.82 Å². The maximum Gasteiger partial charge on any atom is 0.416 e. The van der Waals surface area contributed by atoms with E-state index in [-0.39, 0.29) is 16.9 Å². The maximum atomic E-state index is 13.2. The summed E-state index contributed by atoms with van der Waals surface area (Å²) in [6, 6.07) is 7.76. The Bertz CT molecular complexity index is 683.